The number of ether oxygens (including phenoxy) is 3. The standard InChI is InChI=1S/C19H16Cl2N2O4S/c1-25-15-7-11(8-16(26-2)17(15)27-3)22-18(24)14-9-28-19(23-14)10-4-5-12(20)13(21)6-10/h4-9H,1-3H3,(H,22,24). The van der Waals surface area contributed by atoms with E-state index in [-0.39, 0.29) is 11.6 Å². The fourth-order valence-electron chi connectivity index (χ4n) is 2.49. The van der Waals surface area contributed by atoms with Gasteiger partial charge in [-0.1, -0.05) is 29.3 Å². The quantitative estimate of drug-likeness (QED) is 0.558. The van der Waals surface area contributed by atoms with Crippen molar-refractivity contribution >= 4 is 46.1 Å². The van der Waals surface area contributed by atoms with E-state index in [4.69, 9.17) is 37.4 Å². The molecule has 1 aromatic heterocycles. The summed E-state index contributed by atoms with van der Waals surface area (Å²) in [4.78, 5) is 17.0. The number of rotatable bonds is 6. The molecule has 0 saturated heterocycles. The summed E-state index contributed by atoms with van der Waals surface area (Å²) in [5, 5.41) is 6.01. The molecule has 6 nitrogen and oxygen atoms in total. The first-order chi connectivity index (χ1) is 13.5. The van der Waals surface area contributed by atoms with Crippen molar-refractivity contribution in [2.75, 3.05) is 26.6 Å². The van der Waals surface area contributed by atoms with E-state index in [0.717, 1.165) is 5.56 Å². The second-order valence-electron chi connectivity index (χ2n) is 5.53. The number of hydrogen-bond acceptors (Lipinski definition) is 6. The lowest BCUT2D eigenvalue weighted by Crippen LogP contribution is -2.12. The van der Waals surface area contributed by atoms with Crippen LogP contribution in [0.5, 0.6) is 17.2 Å². The SMILES string of the molecule is COc1cc(NC(=O)c2csc(-c3ccc(Cl)c(Cl)c3)n2)cc(OC)c1OC. The zero-order chi connectivity index (χ0) is 20.3. The van der Waals surface area contributed by atoms with Gasteiger partial charge in [0.1, 0.15) is 10.7 Å². The monoisotopic (exact) mass is 438 g/mol. The molecule has 9 heteroatoms. The number of hydrogen-bond donors (Lipinski definition) is 1. The number of nitrogens with one attached hydrogen (secondary N) is 1. The molecule has 3 rings (SSSR count). The lowest BCUT2D eigenvalue weighted by molar-refractivity contribution is 0.102. The molecule has 1 N–H and O–H groups in total. The van der Waals surface area contributed by atoms with Gasteiger partial charge in [0.05, 0.1) is 31.4 Å². The van der Waals surface area contributed by atoms with Crippen LogP contribution in [-0.2, 0) is 0 Å². The summed E-state index contributed by atoms with van der Waals surface area (Å²) in [6, 6.07) is 8.49. The van der Waals surface area contributed by atoms with Crippen LogP contribution in [0.25, 0.3) is 10.6 Å². The molecule has 0 unspecified atom stereocenters. The third-order valence-electron chi connectivity index (χ3n) is 3.83. The molecule has 2 aromatic carbocycles. The molecule has 0 radical (unpaired) electrons. The Morgan fingerprint density at radius 1 is 1.00 bits per heavy atom. The Bertz CT molecular complexity index is 998. The molecule has 0 bridgehead atoms. The number of carbonyl (C=O) groups excluding carboxylic acids is 1. The lowest BCUT2D eigenvalue weighted by atomic mass is 10.2. The molecule has 1 amide bonds. The van der Waals surface area contributed by atoms with Crippen LogP contribution in [0.3, 0.4) is 0 Å². The van der Waals surface area contributed by atoms with Gasteiger partial charge in [0.25, 0.3) is 5.91 Å². The number of halogens is 2. The summed E-state index contributed by atoms with van der Waals surface area (Å²) < 4.78 is 15.9. The number of aromatic nitrogens is 1. The van der Waals surface area contributed by atoms with E-state index in [0.29, 0.717) is 38.0 Å². The first kappa shape index (κ1) is 20.3. The first-order valence-corrected chi connectivity index (χ1v) is 9.62. The molecule has 0 saturated carbocycles. The van der Waals surface area contributed by atoms with Crippen LogP contribution in [0.2, 0.25) is 10.0 Å². The van der Waals surface area contributed by atoms with Crippen molar-refractivity contribution in [2.24, 2.45) is 0 Å². The Hall–Kier alpha value is -2.48. The summed E-state index contributed by atoms with van der Waals surface area (Å²) in [6.07, 6.45) is 0. The Kier molecular flexibility index (Phi) is 6.28. The predicted octanol–water partition coefficient (Wildman–Crippen LogP) is 5.40. The van der Waals surface area contributed by atoms with E-state index < -0.39 is 0 Å². The maximum atomic E-state index is 12.6. The maximum absolute atomic E-state index is 12.6. The van der Waals surface area contributed by atoms with Crippen LogP contribution in [0.4, 0.5) is 5.69 Å². The fraction of sp³-hybridized carbons (Fsp3) is 0.158. The van der Waals surface area contributed by atoms with Crippen LogP contribution in [0.15, 0.2) is 35.7 Å². The number of thiazole rings is 1. The molecule has 1 heterocycles. The first-order valence-electron chi connectivity index (χ1n) is 7.99. The fourth-order valence-corrected chi connectivity index (χ4v) is 3.58. The maximum Gasteiger partial charge on any atom is 0.275 e. The second-order valence-corrected chi connectivity index (χ2v) is 7.21. The number of amides is 1. The van der Waals surface area contributed by atoms with Crippen molar-refractivity contribution in [2.45, 2.75) is 0 Å². The average Bonchev–Trinajstić information content (AvgIpc) is 3.19. The number of carbonyl (C=O) groups is 1. The Morgan fingerprint density at radius 3 is 2.25 bits per heavy atom. The van der Waals surface area contributed by atoms with Gasteiger partial charge in [-0.2, -0.15) is 0 Å². The number of anilines is 1. The minimum atomic E-state index is -0.364. The van der Waals surface area contributed by atoms with Gasteiger partial charge in [0, 0.05) is 28.8 Å². The van der Waals surface area contributed by atoms with E-state index in [1.54, 1.807) is 35.7 Å². The number of benzene rings is 2. The second kappa shape index (κ2) is 8.68. The van der Waals surface area contributed by atoms with E-state index in [1.165, 1.54) is 32.7 Å². The highest BCUT2D eigenvalue weighted by atomic mass is 35.5. The van der Waals surface area contributed by atoms with Crippen LogP contribution in [0, 0.1) is 0 Å². The molecule has 146 valence electrons. The molecule has 0 aliphatic rings. The van der Waals surface area contributed by atoms with Crippen molar-refractivity contribution in [1.82, 2.24) is 4.98 Å². The molecular weight excluding hydrogens is 423 g/mol. The molecule has 3 aromatic rings. The summed E-state index contributed by atoms with van der Waals surface area (Å²) >= 11 is 13.3. The predicted molar refractivity (Wildman–Crippen MR) is 112 cm³/mol. The largest absolute Gasteiger partial charge is 0.493 e. The highest BCUT2D eigenvalue weighted by Crippen LogP contribution is 2.40. The van der Waals surface area contributed by atoms with Crippen molar-refractivity contribution in [3.05, 3.63) is 51.5 Å². The summed E-state index contributed by atoms with van der Waals surface area (Å²) in [6.45, 7) is 0. The normalized spacial score (nSPS) is 10.5. The van der Waals surface area contributed by atoms with Crippen molar-refractivity contribution in [3.8, 4) is 27.8 Å². The molecule has 0 fully saturated rings. The molecule has 0 aliphatic carbocycles. The van der Waals surface area contributed by atoms with Crippen LogP contribution in [-0.4, -0.2) is 32.2 Å². The molecule has 0 aliphatic heterocycles. The third kappa shape index (κ3) is 4.16. The zero-order valence-corrected chi connectivity index (χ0v) is 17.5. The van der Waals surface area contributed by atoms with E-state index >= 15 is 0 Å². The van der Waals surface area contributed by atoms with Crippen molar-refractivity contribution in [1.29, 1.82) is 0 Å². The van der Waals surface area contributed by atoms with Gasteiger partial charge < -0.3 is 19.5 Å². The average molecular weight is 439 g/mol. The zero-order valence-electron chi connectivity index (χ0n) is 15.2. The van der Waals surface area contributed by atoms with E-state index in [2.05, 4.69) is 10.3 Å². The number of nitrogens with zero attached hydrogens (tertiary/aromatic N) is 1. The summed E-state index contributed by atoms with van der Waals surface area (Å²) in [5.41, 5.74) is 1.55. The molecule has 0 atom stereocenters. The highest BCUT2D eigenvalue weighted by Gasteiger charge is 2.17. The van der Waals surface area contributed by atoms with Crippen molar-refractivity contribution in [3.63, 3.8) is 0 Å². The number of methoxy groups -OCH3 is 3. The topological polar surface area (TPSA) is 69.7 Å². The van der Waals surface area contributed by atoms with Gasteiger partial charge in [0.15, 0.2) is 11.5 Å². The minimum absolute atomic E-state index is 0.278. The Balaban J connectivity index is 1.84. The Labute approximate surface area is 176 Å². The van der Waals surface area contributed by atoms with Gasteiger partial charge in [0.2, 0.25) is 5.75 Å². The smallest absolute Gasteiger partial charge is 0.275 e. The van der Waals surface area contributed by atoms with Crippen LogP contribution in [0.1, 0.15) is 10.5 Å². The summed E-state index contributed by atoms with van der Waals surface area (Å²) in [7, 11) is 4.53. The Morgan fingerprint density at radius 2 is 1.68 bits per heavy atom. The van der Waals surface area contributed by atoms with Gasteiger partial charge in [-0.15, -0.1) is 11.3 Å². The lowest BCUT2D eigenvalue weighted by Gasteiger charge is -2.14. The van der Waals surface area contributed by atoms with Gasteiger partial charge in [-0.3, -0.25) is 4.79 Å². The van der Waals surface area contributed by atoms with Gasteiger partial charge in [-0.05, 0) is 12.1 Å². The summed E-state index contributed by atoms with van der Waals surface area (Å²) in [5.74, 6) is 0.953. The van der Waals surface area contributed by atoms with Crippen LogP contribution >= 0.6 is 34.5 Å². The third-order valence-corrected chi connectivity index (χ3v) is 5.46. The molecule has 28 heavy (non-hydrogen) atoms. The molecule has 0 spiro atoms. The van der Waals surface area contributed by atoms with Crippen LogP contribution < -0.4 is 19.5 Å². The molecular formula is C19H16Cl2N2O4S. The van der Waals surface area contributed by atoms with E-state index in [1.807, 2.05) is 0 Å². The van der Waals surface area contributed by atoms with Crippen molar-refractivity contribution < 1.29 is 19.0 Å². The van der Waals surface area contributed by atoms with E-state index in [9.17, 15) is 4.79 Å². The van der Waals surface area contributed by atoms with Gasteiger partial charge in [-0.25, -0.2) is 4.98 Å². The highest BCUT2D eigenvalue weighted by molar-refractivity contribution is 7.13. The minimum Gasteiger partial charge on any atom is -0.493 e. The van der Waals surface area contributed by atoms with Gasteiger partial charge >= 0.3 is 0 Å².